The average Bonchev–Trinajstić information content (AvgIpc) is 1.72. The number of carbonyl (C=O) groups excluding carboxylic acids is 13. The number of aromatic hydroxyl groups is 1. The second kappa shape index (κ2) is 44.5. The number of hydrogen-bond acceptors (Lipinski definition) is 20. The number of aliphatic hydroxyl groups excluding tert-OH is 1. The van der Waals surface area contributed by atoms with Crippen molar-refractivity contribution in [3.8, 4) is 5.75 Å². The number of carboxylic acids is 2. The van der Waals surface area contributed by atoms with E-state index in [0.29, 0.717) is 56.9 Å². The summed E-state index contributed by atoms with van der Waals surface area (Å²) in [6.45, 7) is 9.58. The number of H-pyrrole nitrogens is 2. The van der Waals surface area contributed by atoms with Crippen molar-refractivity contribution < 1.29 is 92.3 Å². The number of aliphatic carboxylic acids is 2. The monoisotopic (exact) mass is 1660 g/mol. The molecule has 0 aliphatic carbocycles. The Kier molecular flexibility index (Phi) is 35.2. The van der Waals surface area contributed by atoms with Crippen LogP contribution in [0, 0.1) is 11.8 Å². The Morgan fingerprint density at radius 2 is 0.880 bits per heavy atom. The molecule has 0 spiro atoms. The number of nitrogens with two attached hydrogens (primary N) is 2. The van der Waals surface area contributed by atoms with E-state index in [0.717, 1.165) is 4.90 Å². The summed E-state index contributed by atoms with van der Waals surface area (Å²) in [6.07, 6.45) is -1.04. The van der Waals surface area contributed by atoms with Crippen LogP contribution in [0.3, 0.4) is 0 Å². The van der Waals surface area contributed by atoms with Crippen molar-refractivity contribution in [2.75, 3.05) is 18.1 Å². The maximum atomic E-state index is 15.3. The molecule has 37 heteroatoms. The molecule has 1 aliphatic rings. The molecule has 0 bridgehead atoms. The van der Waals surface area contributed by atoms with Gasteiger partial charge in [0.25, 0.3) is 0 Å². The number of benzene rings is 4. The van der Waals surface area contributed by atoms with Crippen LogP contribution in [0.1, 0.15) is 115 Å². The number of fused-ring (bicyclic) bond motifs is 2. The number of likely N-dealkylation sites (tertiary alicyclic amines) is 1. The number of aromatic amines is 2. The molecule has 7 rings (SSSR count). The number of aromatic nitrogens is 2. The fraction of sp³-hybridized carbons (Fsp3) is 0.463. The van der Waals surface area contributed by atoms with E-state index in [1.807, 2.05) is 0 Å². The van der Waals surface area contributed by atoms with Gasteiger partial charge in [0.05, 0.1) is 12.1 Å². The van der Waals surface area contributed by atoms with Crippen molar-refractivity contribution >= 4 is 136 Å². The first kappa shape index (κ1) is 92.6. The van der Waals surface area contributed by atoms with Crippen LogP contribution in [0.25, 0.3) is 21.8 Å². The molecule has 15 atom stereocenters. The van der Waals surface area contributed by atoms with Crippen molar-refractivity contribution in [2.45, 2.75) is 203 Å². The number of phenolic OH excluding ortho intramolecular Hbond substituents is 1. The van der Waals surface area contributed by atoms with Crippen LogP contribution in [0.5, 0.6) is 5.75 Å². The SMILES string of the molecule is CC[C@H](C)[C@H](NC(=O)[C@H](C)N)C(=O)N[C@@H](CS)C(=O)N[C@H](C(=O)N[C@@H](Cc1ccccc1)C(=O)N[C@@H](Cc1c[nH]c2ccccc12)C(=O)N[C@@H](CCC(N)=O)C(=O)N[C@@H](Cc1ccc(O)cc1)C(=O)N[C@@H](Cc1c[nH]c2ccccc12)C(=O)N[C@@H](CS)C(=O)N[C@@H](CC(C)C)C(=O)N[C@@H](CCC(=O)O)C(=O)N1CCC[C@H]1C(=O)O)[C@@H](C)O. The Bertz CT molecular complexity index is 4500. The Morgan fingerprint density at radius 1 is 0.479 bits per heavy atom. The molecular weight excluding hydrogens is 1550 g/mol. The van der Waals surface area contributed by atoms with Crippen molar-refractivity contribution in [2.24, 2.45) is 23.3 Å². The molecule has 0 unspecified atom stereocenters. The lowest BCUT2D eigenvalue weighted by atomic mass is 9.97. The van der Waals surface area contributed by atoms with Crippen LogP contribution in [0.15, 0.2) is 116 Å². The third kappa shape index (κ3) is 27.3. The molecular formula is C80H106N16O19S2. The molecule has 632 valence electrons. The number of para-hydroxylation sites is 2. The Morgan fingerprint density at radius 3 is 1.36 bits per heavy atom. The van der Waals surface area contributed by atoms with Gasteiger partial charge in [0.2, 0.25) is 76.8 Å². The number of carboxylic acid groups (broad SMARTS) is 2. The first-order chi connectivity index (χ1) is 55.6. The van der Waals surface area contributed by atoms with Gasteiger partial charge in [-0.05, 0) is 104 Å². The van der Waals surface area contributed by atoms with Crippen LogP contribution in [-0.4, -0.2) is 227 Å². The van der Waals surface area contributed by atoms with Crippen molar-refractivity contribution in [1.82, 2.24) is 73.4 Å². The zero-order chi connectivity index (χ0) is 85.9. The van der Waals surface area contributed by atoms with Gasteiger partial charge in [0.15, 0.2) is 0 Å². The van der Waals surface area contributed by atoms with E-state index >= 15 is 24.0 Å². The van der Waals surface area contributed by atoms with Gasteiger partial charge in [-0.15, -0.1) is 0 Å². The second-order valence-electron chi connectivity index (χ2n) is 29.6. The average molecular weight is 1660 g/mol. The summed E-state index contributed by atoms with van der Waals surface area (Å²) in [5, 5.41) is 70.9. The standard InChI is InChI=1S/C80H106N16O19S2/c1-7-42(4)66(94-68(102)43(5)81)77(111)93-62(40-117)76(110)95-67(44(6)97)78(112)91-58(33-45-16-9-8-10-17-45)72(106)89-59(35-47-37-83-52-20-13-11-18-50(47)52)73(107)85-54(27-29-64(82)99)69(103)88-57(34-46-23-25-49(98)26-24-46)71(105)90-60(36-48-38-84-53-21-14-12-19-51(48)53)74(108)92-61(39-116)75(109)87-56(32-41(2)3)70(104)86-55(28-30-65(100)101)79(113)96-31-15-22-63(96)80(114)115/h8-14,16-21,23-26,37-38,41-44,54-63,66-67,83-84,97-98,116-117H,7,15,22,27-36,39-40,81H2,1-6H3,(H2,82,99)(H,85,107)(H,86,104)(H,87,109)(H,88,103)(H,89,106)(H,90,105)(H,91,112)(H,92,108)(H,93,111)(H,94,102)(H,95,110)(H,100,101)(H,114,115)/t42-,43-,44+,54-,55-,56-,57-,58-,59-,60-,61-,62-,63-,66-,67-/m0/s1. The number of carbonyl (C=O) groups is 15. The molecule has 21 N–H and O–H groups in total. The van der Waals surface area contributed by atoms with Crippen LogP contribution in [-0.2, 0) is 97.6 Å². The quantitative estimate of drug-likeness (QED) is 0.0221. The van der Waals surface area contributed by atoms with Gasteiger partial charge in [-0.2, -0.15) is 25.3 Å². The van der Waals surface area contributed by atoms with E-state index in [4.69, 9.17) is 11.5 Å². The lowest BCUT2D eigenvalue weighted by Gasteiger charge is -2.30. The highest BCUT2D eigenvalue weighted by Crippen LogP contribution is 2.24. The fourth-order valence-corrected chi connectivity index (χ4v) is 13.8. The van der Waals surface area contributed by atoms with Crippen LogP contribution < -0.4 is 70.0 Å². The highest BCUT2D eigenvalue weighted by molar-refractivity contribution is 7.80. The minimum Gasteiger partial charge on any atom is -0.508 e. The number of hydrogen-bond donors (Lipinski definition) is 21. The number of thiol groups is 2. The molecule has 35 nitrogen and oxygen atoms in total. The van der Waals surface area contributed by atoms with Gasteiger partial charge in [0, 0.05) is 90.8 Å². The molecule has 1 fully saturated rings. The summed E-state index contributed by atoms with van der Waals surface area (Å²) in [7, 11) is 0. The summed E-state index contributed by atoms with van der Waals surface area (Å²) in [5.74, 6) is -16.6. The van der Waals surface area contributed by atoms with Gasteiger partial charge < -0.3 is 105 Å². The summed E-state index contributed by atoms with van der Waals surface area (Å²) in [5.41, 5.74) is 14.5. The molecule has 1 saturated heterocycles. The lowest BCUT2D eigenvalue weighted by Crippen LogP contribution is -2.63. The van der Waals surface area contributed by atoms with E-state index in [1.54, 1.807) is 119 Å². The summed E-state index contributed by atoms with van der Waals surface area (Å²) in [6, 6.07) is 8.21. The second-order valence-corrected chi connectivity index (χ2v) is 30.3. The summed E-state index contributed by atoms with van der Waals surface area (Å²) < 4.78 is 0. The number of phenols is 1. The van der Waals surface area contributed by atoms with Crippen LogP contribution in [0.2, 0.25) is 0 Å². The van der Waals surface area contributed by atoms with Gasteiger partial charge >= 0.3 is 11.9 Å². The number of nitrogens with one attached hydrogen (secondary N) is 13. The van der Waals surface area contributed by atoms with E-state index in [-0.39, 0.29) is 62.5 Å². The number of nitrogens with zero attached hydrogens (tertiary/aromatic N) is 1. The van der Waals surface area contributed by atoms with Crippen molar-refractivity contribution in [3.05, 3.63) is 138 Å². The topological polar surface area (TPSA) is 556 Å². The van der Waals surface area contributed by atoms with Crippen LogP contribution >= 0.6 is 25.3 Å². The van der Waals surface area contributed by atoms with Gasteiger partial charge in [-0.1, -0.05) is 113 Å². The largest absolute Gasteiger partial charge is 0.508 e. The maximum Gasteiger partial charge on any atom is 0.326 e. The van der Waals surface area contributed by atoms with E-state index < -0.39 is 211 Å². The predicted molar refractivity (Wildman–Crippen MR) is 437 cm³/mol. The summed E-state index contributed by atoms with van der Waals surface area (Å²) >= 11 is 8.67. The Balaban J connectivity index is 1.18. The fourth-order valence-electron chi connectivity index (χ4n) is 13.3. The molecule has 13 amide bonds. The third-order valence-corrected chi connectivity index (χ3v) is 20.8. The predicted octanol–water partition coefficient (Wildman–Crippen LogP) is -0.156. The minimum absolute atomic E-state index is 0.0270. The Labute approximate surface area is 686 Å². The number of amides is 13. The molecule has 6 aromatic rings. The summed E-state index contributed by atoms with van der Waals surface area (Å²) in [4.78, 5) is 218. The van der Waals surface area contributed by atoms with Gasteiger partial charge in [-0.3, -0.25) is 67.1 Å². The third-order valence-electron chi connectivity index (χ3n) is 20.0. The molecule has 0 saturated carbocycles. The minimum atomic E-state index is -1.81. The van der Waals surface area contributed by atoms with Gasteiger partial charge in [0.1, 0.15) is 78.3 Å². The number of aliphatic hydroxyl groups is 1. The van der Waals surface area contributed by atoms with Gasteiger partial charge in [-0.25, -0.2) is 4.79 Å². The van der Waals surface area contributed by atoms with E-state index in [1.165, 1.54) is 38.1 Å². The Hall–Kier alpha value is -11.6. The zero-order valence-corrected chi connectivity index (χ0v) is 67.5. The first-order valence-electron chi connectivity index (χ1n) is 38.5. The highest BCUT2D eigenvalue weighted by Gasteiger charge is 2.42. The van der Waals surface area contributed by atoms with Crippen molar-refractivity contribution in [1.29, 1.82) is 0 Å². The highest BCUT2D eigenvalue weighted by atomic mass is 32.1. The normalized spacial score (nSPS) is 16.2. The maximum absolute atomic E-state index is 15.3. The lowest BCUT2D eigenvalue weighted by molar-refractivity contribution is -0.150. The molecule has 2 aromatic heterocycles. The van der Waals surface area contributed by atoms with E-state index in [9.17, 15) is 68.4 Å². The van der Waals surface area contributed by atoms with E-state index in [2.05, 4.69) is 93.7 Å². The zero-order valence-electron chi connectivity index (χ0n) is 65.7. The molecule has 117 heavy (non-hydrogen) atoms. The first-order valence-corrected chi connectivity index (χ1v) is 39.8. The molecule has 4 aromatic carbocycles. The number of rotatable bonds is 45. The smallest absolute Gasteiger partial charge is 0.326 e. The molecule has 1 aliphatic heterocycles. The van der Waals surface area contributed by atoms with Crippen LogP contribution in [0.4, 0.5) is 0 Å². The number of primary amides is 1. The van der Waals surface area contributed by atoms with Crippen molar-refractivity contribution in [3.63, 3.8) is 0 Å². The molecule has 3 heterocycles. The molecule has 0 radical (unpaired) electrons.